The van der Waals surface area contributed by atoms with Crippen molar-refractivity contribution in [1.29, 1.82) is 0 Å². The molecular weight excluding hydrogens is 642 g/mol. The first-order valence-corrected chi connectivity index (χ1v) is 18.4. The summed E-state index contributed by atoms with van der Waals surface area (Å²) in [5.74, 6) is 1.85. The van der Waals surface area contributed by atoms with Gasteiger partial charge in [-0.3, -0.25) is 4.79 Å². The number of carbonyl (C=O) groups excluding carboxylic acids is 3. The summed E-state index contributed by atoms with van der Waals surface area (Å²) in [7, 11) is 3.87. The summed E-state index contributed by atoms with van der Waals surface area (Å²) in [5, 5.41) is 3.26. The van der Waals surface area contributed by atoms with E-state index in [9.17, 15) is 18.8 Å². The van der Waals surface area contributed by atoms with Gasteiger partial charge < -0.3 is 34.6 Å². The number of nitrogens with zero attached hydrogens (tertiary/aromatic N) is 1. The minimum Gasteiger partial charge on any atom is -0.460 e. The van der Waals surface area contributed by atoms with Crippen LogP contribution >= 0.6 is 23.3 Å². The van der Waals surface area contributed by atoms with E-state index in [0.717, 1.165) is 48.8 Å². The zero-order valence-corrected chi connectivity index (χ0v) is 30.5. The van der Waals surface area contributed by atoms with Crippen LogP contribution in [0, 0.1) is 17.8 Å². The number of amides is 1. The molecule has 1 saturated heterocycles. The first kappa shape index (κ1) is 42.9. The highest BCUT2D eigenvalue weighted by atomic mass is 33.1. The van der Waals surface area contributed by atoms with Gasteiger partial charge in [-0.15, -0.1) is 23.3 Å². The van der Waals surface area contributed by atoms with Crippen LogP contribution in [0.15, 0.2) is 28.7 Å². The second kappa shape index (κ2) is 25.8. The molecule has 9 nitrogen and oxygen atoms in total. The monoisotopic (exact) mass is 699 g/mol. The maximum Gasteiger partial charge on any atom is 0.374 e. The molecule has 4 atom stereocenters. The molecule has 2 heterocycles. The molecule has 47 heavy (non-hydrogen) atoms. The van der Waals surface area contributed by atoms with Crippen LogP contribution in [0.4, 0.5) is 10.1 Å². The van der Waals surface area contributed by atoms with E-state index in [-0.39, 0.29) is 24.3 Å². The number of halogens is 1. The van der Waals surface area contributed by atoms with E-state index in [1.165, 1.54) is 45.1 Å². The summed E-state index contributed by atoms with van der Waals surface area (Å²) in [4.78, 5) is 35.1. The third-order valence-electron chi connectivity index (χ3n) is 9.12. The Balaban J connectivity index is 0.000000359. The van der Waals surface area contributed by atoms with Gasteiger partial charge in [0.1, 0.15) is 18.5 Å². The number of alkyl halides is 1. The molecular formula is C35H58FN3O6S2. The van der Waals surface area contributed by atoms with Gasteiger partial charge in [-0.2, -0.15) is 0 Å². The standard InChI is InChI=1S/C14H15NO5.C12H23N.C9H18FNO.H2S2/c1-18-5-2-6-19-14(17)13-8-10-7-11(15-9-16)3-4-12(10)20-13;1-10-12(8-9-13(10)2)11-6-4-3-5-7-11;1-2-8(7-12)4-3-5-9(11)6-10;1-2/h3-4,7-9H,2,5-6H2,1H3,(H,15,16);10-12H,3-9H2,1-2H3;7-9H,2-6,11H2,1H3;1-2H. The molecule has 4 unspecified atom stereocenters. The van der Waals surface area contributed by atoms with Crippen LogP contribution in [0.25, 0.3) is 11.0 Å². The fraction of sp³-hybridized carbons (Fsp3) is 0.686. The number of hydrogen-bond donors (Lipinski definition) is 4. The number of nitrogens with two attached hydrogens (primary N) is 1. The first-order chi connectivity index (χ1) is 22.8. The third-order valence-corrected chi connectivity index (χ3v) is 9.12. The summed E-state index contributed by atoms with van der Waals surface area (Å²) in [5.41, 5.74) is 6.57. The van der Waals surface area contributed by atoms with Crippen molar-refractivity contribution >= 4 is 58.6 Å². The van der Waals surface area contributed by atoms with Gasteiger partial charge in [0.05, 0.1) is 6.61 Å². The molecule has 1 amide bonds. The minimum absolute atomic E-state index is 0.136. The molecule has 1 saturated carbocycles. The minimum atomic E-state index is -0.512. The lowest BCUT2D eigenvalue weighted by atomic mass is 9.77. The highest BCUT2D eigenvalue weighted by Gasteiger charge is 2.34. The molecule has 0 bridgehead atoms. The Morgan fingerprint density at radius 3 is 2.43 bits per heavy atom. The summed E-state index contributed by atoms with van der Waals surface area (Å²) < 4.78 is 27.2. The Labute approximate surface area is 291 Å². The maximum atomic E-state index is 11.9. The molecule has 12 heteroatoms. The van der Waals surface area contributed by atoms with Gasteiger partial charge in [-0.25, -0.2) is 9.18 Å². The number of fused-ring (bicyclic) bond motifs is 1. The summed E-state index contributed by atoms with van der Waals surface area (Å²) in [6.45, 7) is 6.09. The van der Waals surface area contributed by atoms with E-state index < -0.39 is 12.6 Å². The van der Waals surface area contributed by atoms with Crippen molar-refractivity contribution in [2.45, 2.75) is 96.6 Å². The van der Waals surface area contributed by atoms with Crippen LogP contribution in [0.2, 0.25) is 0 Å². The summed E-state index contributed by atoms with van der Waals surface area (Å²) >= 11 is 6.44. The number of furan rings is 1. The Morgan fingerprint density at radius 1 is 1.13 bits per heavy atom. The SMILES string of the molecule is CC1C(C2CCCCC2)CCN1C.CCC(C=O)CCCC(N)CF.COCCCOC(=O)c1cc2cc(NC=O)ccc2o1.SS. The number of rotatable bonds is 15. The van der Waals surface area contributed by atoms with E-state index in [1.54, 1.807) is 31.4 Å². The lowest BCUT2D eigenvalue weighted by Gasteiger charge is -2.31. The topological polar surface area (TPSA) is 124 Å². The number of thiol groups is 2. The Morgan fingerprint density at radius 2 is 1.85 bits per heavy atom. The van der Waals surface area contributed by atoms with Gasteiger partial charge in [0.15, 0.2) is 0 Å². The number of ether oxygens (including phenoxy) is 2. The van der Waals surface area contributed by atoms with Crippen molar-refractivity contribution < 1.29 is 32.7 Å². The van der Waals surface area contributed by atoms with Crippen molar-refractivity contribution in [2.75, 3.05) is 45.9 Å². The first-order valence-electron chi connectivity index (χ1n) is 16.8. The number of esters is 1. The second-order valence-electron chi connectivity index (χ2n) is 12.3. The molecule has 268 valence electrons. The van der Waals surface area contributed by atoms with Crippen LogP contribution in [-0.4, -0.2) is 76.2 Å². The van der Waals surface area contributed by atoms with Gasteiger partial charge in [0.25, 0.3) is 0 Å². The van der Waals surface area contributed by atoms with Gasteiger partial charge >= 0.3 is 5.97 Å². The van der Waals surface area contributed by atoms with E-state index in [0.29, 0.717) is 37.1 Å². The lowest BCUT2D eigenvalue weighted by molar-refractivity contribution is -0.111. The number of nitrogens with one attached hydrogen (secondary N) is 1. The molecule has 1 aliphatic carbocycles. The third kappa shape index (κ3) is 16.2. The van der Waals surface area contributed by atoms with Gasteiger partial charge in [0, 0.05) is 49.2 Å². The largest absolute Gasteiger partial charge is 0.460 e. The van der Waals surface area contributed by atoms with Gasteiger partial charge in [0.2, 0.25) is 12.2 Å². The fourth-order valence-electron chi connectivity index (χ4n) is 6.15. The second-order valence-corrected chi connectivity index (χ2v) is 12.3. The van der Waals surface area contributed by atoms with Crippen molar-refractivity contribution in [3.63, 3.8) is 0 Å². The zero-order valence-electron chi connectivity index (χ0n) is 28.7. The molecule has 2 fully saturated rings. The number of anilines is 1. The zero-order chi connectivity index (χ0) is 35.0. The van der Waals surface area contributed by atoms with E-state index in [1.807, 2.05) is 6.92 Å². The summed E-state index contributed by atoms with van der Waals surface area (Å²) in [6, 6.07) is 7.19. The molecule has 2 aromatic rings. The van der Waals surface area contributed by atoms with Crippen LogP contribution in [0.3, 0.4) is 0 Å². The average Bonchev–Trinajstić information content (AvgIpc) is 3.69. The van der Waals surface area contributed by atoms with Crippen molar-refractivity contribution in [2.24, 2.45) is 23.5 Å². The number of hydrogen-bond acceptors (Lipinski definition) is 10. The molecule has 2 aliphatic rings. The summed E-state index contributed by atoms with van der Waals surface area (Å²) in [6.07, 6.45) is 14.4. The molecule has 0 radical (unpaired) electrons. The molecule has 1 aliphatic heterocycles. The molecule has 1 aromatic carbocycles. The van der Waals surface area contributed by atoms with E-state index >= 15 is 0 Å². The highest BCUT2D eigenvalue weighted by molar-refractivity contribution is 8.59. The molecule has 4 rings (SSSR count). The Bertz CT molecular complexity index is 1130. The van der Waals surface area contributed by atoms with Crippen molar-refractivity contribution in [3.8, 4) is 0 Å². The number of aldehydes is 1. The Kier molecular flexibility index (Phi) is 23.6. The molecule has 0 spiro atoms. The number of carbonyl (C=O) groups is 3. The molecule has 3 N–H and O–H groups in total. The van der Waals surface area contributed by atoms with Crippen molar-refractivity contribution in [3.05, 3.63) is 30.0 Å². The number of likely N-dealkylation sites (tertiary alicyclic amines) is 1. The van der Waals surface area contributed by atoms with Gasteiger partial charge in [-0.1, -0.05) is 45.4 Å². The Hall–Kier alpha value is -2.12. The van der Waals surface area contributed by atoms with Gasteiger partial charge in [-0.05, 0) is 82.3 Å². The average molecular weight is 700 g/mol. The van der Waals surface area contributed by atoms with Crippen LogP contribution in [-0.2, 0) is 19.1 Å². The van der Waals surface area contributed by atoms with Crippen LogP contribution < -0.4 is 11.1 Å². The normalized spacial score (nSPS) is 19.1. The fourth-order valence-corrected chi connectivity index (χ4v) is 6.15. The highest BCUT2D eigenvalue weighted by Crippen LogP contribution is 2.37. The number of benzene rings is 1. The smallest absolute Gasteiger partial charge is 0.374 e. The predicted octanol–water partition coefficient (Wildman–Crippen LogP) is 7.54. The predicted molar refractivity (Wildman–Crippen MR) is 195 cm³/mol. The van der Waals surface area contributed by atoms with E-state index in [4.69, 9.17) is 19.6 Å². The van der Waals surface area contributed by atoms with E-state index in [2.05, 4.69) is 47.5 Å². The number of methoxy groups -OCH3 is 1. The maximum absolute atomic E-state index is 11.9. The molecule has 1 aromatic heterocycles. The van der Waals surface area contributed by atoms with Crippen molar-refractivity contribution in [1.82, 2.24) is 4.90 Å². The quantitative estimate of drug-likeness (QED) is 0.0495. The lowest BCUT2D eigenvalue weighted by Crippen LogP contribution is -2.30. The van der Waals surface area contributed by atoms with Crippen LogP contribution in [0.5, 0.6) is 0 Å². The van der Waals surface area contributed by atoms with Crippen LogP contribution in [0.1, 0.15) is 95.0 Å².